The zero-order valence-corrected chi connectivity index (χ0v) is 13.4. The Labute approximate surface area is 135 Å². The zero-order chi connectivity index (χ0) is 15.6. The lowest BCUT2D eigenvalue weighted by molar-refractivity contribution is -0.0503. The van der Waals surface area contributed by atoms with Crippen molar-refractivity contribution in [2.75, 3.05) is 13.1 Å². The molecule has 1 aromatic rings. The Balaban J connectivity index is 0.00000242. The molecule has 1 aliphatic rings. The Morgan fingerprint density at radius 3 is 2.64 bits per heavy atom. The zero-order valence-electron chi connectivity index (χ0n) is 12.6. The number of benzene rings is 1. The van der Waals surface area contributed by atoms with Crippen molar-refractivity contribution in [3.63, 3.8) is 0 Å². The summed E-state index contributed by atoms with van der Waals surface area (Å²) >= 11 is 0. The van der Waals surface area contributed by atoms with Crippen molar-refractivity contribution in [2.24, 2.45) is 11.1 Å². The number of carbonyl (C=O) groups is 1. The monoisotopic (exact) mass is 334 g/mol. The first kappa shape index (κ1) is 18.6. The summed E-state index contributed by atoms with van der Waals surface area (Å²) in [6.45, 7) is 2.06. The maximum Gasteiger partial charge on any atom is 0.387 e. The highest BCUT2D eigenvalue weighted by Crippen LogP contribution is 2.30. The highest BCUT2D eigenvalue weighted by molar-refractivity contribution is 5.97. The minimum atomic E-state index is -2.95. The number of nitrogens with zero attached hydrogens (tertiary/aromatic N) is 1. The van der Waals surface area contributed by atoms with E-state index in [2.05, 4.69) is 4.74 Å². The molecule has 1 saturated heterocycles. The number of piperidine rings is 1. The first-order chi connectivity index (χ1) is 9.81. The average Bonchev–Trinajstić information content (AvgIpc) is 2.41. The quantitative estimate of drug-likeness (QED) is 0.924. The molecule has 2 rings (SSSR count). The van der Waals surface area contributed by atoms with Crippen LogP contribution in [0.15, 0.2) is 24.3 Å². The average molecular weight is 335 g/mol. The van der Waals surface area contributed by atoms with Crippen molar-refractivity contribution in [2.45, 2.75) is 32.9 Å². The number of rotatable bonds is 3. The standard InChI is InChI=1S/C15H20F2N2O2.ClH/c1-15(2)9-19(8-7-12(15)18)13(20)10-5-3-4-6-11(10)21-14(16)17;/h3-6,12,14H,7-9,18H2,1-2H3;1H. The second-order valence-electron chi connectivity index (χ2n) is 5.99. The highest BCUT2D eigenvalue weighted by atomic mass is 35.5. The molecule has 0 spiro atoms. The lowest BCUT2D eigenvalue weighted by Gasteiger charge is -2.42. The molecule has 1 heterocycles. The van der Waals surface area contributed by atoms with E-state index in [1.54, 1.807) is 17.0 Å². The fourth-order valence-electron chi connectivity index (χ4n) is 2.56. The molecule has 0 aliphatic carbocycles. The molecule has 1 fully saturated rings. The normalized spacial score (nSPS) is 20.5. The van der Waals surface area contributed by atoms with Crippen molar-refractivity contribution in [1.29, 1.82) is 0 Å². The van der Waals surface area contributed by atoms with E-state index in [1.807, 2.05) is 13.8 Å². The van der Waals surface area contributed by atoms with Gasteiger partial charge in [-0.15, -0.1) is 12.4 Å². The van der Waals surface area contributed by atoms with Gasteiger partial charge in [0.25, 0.3) is 5.91 Å². The van der Waals surface area contributed by atoms with Gasteiger partial charge in [0.15, 0.2) is 0 Å². The van der Waals surface area contributed by atoms with Crippen LogP contribution in [-0.4, -0.2) is 36.5 Å². The highest BCUT2D eigenvalue weighted by Gasteiger charge is 2.36. The molecule has 1 aliphatic heterocycles. The summed E-state index contributed by atoms with van der Waals surface area (Å²) in [4.78, 5) is 14.2. The Bertz CT molecular complexity index is 526. The van der Waals surface area contributed by atoms with Gasteiger partial charge < -0.3 is 15.4 Å². The summed E-state index contributed by atoms with van der Waals surface area (Å²) < 4.78 is 29.3. The van der Waals surface area contributed by atoms with E-state index >= 15 is 0 Å². The predicted molar refractivity (Wildman–Crippen MR) is 82.6 cm³/mol. The minimum absolute atomic E-state index is 0. The lowest BCUT2D eigenvalue weighted by atomic mass is 9.79. The Hall–Kier alpha value is -1.40. The van der Waals surface area contributed by atoms with Crippen molar-refractivity contribution in [3.8, 4) is 5.75 Å². The maximum absolute atomic E-state index is 12.6. The molecule has 2 N–H and O–H groups in total. The van der Waals surface area contributed by atoms with Crippen LogP contribution in [0, 0.1) is 5.41 Å². The van der Waals surface area contributed by atoms with Crippen LogP contribution in [0.2, 0.25) is 0 Å². The molecular formula is C15H21ClF2N2O2. The van der Waals surface area contributed by atoms with Crippen molar-refractivity contribution in [1.82, 2.24) is 4.90 Å². The van der Waals surface area contributed by atoms with E-state index in [0.29, 0.717) is 19.5 Å². The third-order valence-electron chi connectivity index (χ3n) is 3.93. The predicted octanol–water partition coefficient (Wildman–Crippen LogP) is 2.91. The van der Waals surface area contributed by atoms with E-state index in [9.17, 15) is 13.6 Å². The van der Waals surface area contributed by atoms with Gasteiger partial charge in [-0.25, -0.2) is 0 Å². The van der Waals surface area contributed by atoms with Gasteiger partial charge in [0, 0.05) is 19.1 Å². The molecule has 1 unspecified atom stereocenters. The van der Waals surface area contributed by atoms with Crippen molar-refractivity contribution >= 4 is 18.3 Å². The molecular weight excluding hydrogens is 314 g/mol. The summed E-state index contributed by atoms with van der Waals surface area (Å²) in [5.41, 5.74) is 6.00. The van der Waals surface area contributed by atoms with Gasteiger partial charge in [-0.1, -0.05) is 26.0 Å². The van der Waals surface area contributed by atoms with E-state index in [-0.39, 0.29) is 41.1 Å². The van der Waals surface area contributed by atoms with Gasteiger partial charge in [0.05, 0.1) is 5.56 Å². The Morgan fingerprint density at radius 1 is 1.41 bits per heavy atom. The van der Waals surface area contributed by atoms with E-state index in [1.165, 1.54) is 12.1 Å². The van der Waals surface area contributed by atoms with Crippen LogP contribution in [0.25, 0.3) is 0 Å². The molecule has 0 saturated carbocycles. The fraction of sp³-hybridized carbons (Fsp3) is 0.533. The van der Waals surface area contributed by atoms with Crippen LogP contribution in [0.3, 0.4) is 0 Å². The number of para-hydroxylation sites is 1. The summed E-state index contributed by atoms with van der Waals surface area (Å²) in [5.74, 6) is -0.392. The summed E-state index contributed by atoms with van der Waals surface area (Å²) in [6, 6.07) is 6.09. The molecule has 0 radical (unpaired) electrons. The number of hydrogen-bond acceptors (Lipinski definition) is 3. The molecule has 7 heteroatoms. The lowest BCUT2D eigenvalue weighted by Crippen LogP contribution is -2.54. The number of amides is 1. The number of carbonyl (C=O) groups excluding carboxylic acids is 1. The smallest absolute Gasteiger partial charge is 0.387 e. The minimum Gasteiger partial charge on any atom is -0.434 e. The van der Waals surface area contributed by atoms with Gasteiger partial charge in [-0.2, -0.15) is 8.78 Å². The first-order valence-corrected chi connectivity index (χ1v) is 6.90. The Kier molecular flexibility index (Phi) is 6.14. The van der Waals surface area contributed by atoms with Gasteiger partial charge in [0.1, 0.15) is 5.75 Å². The van der Waals surface area contributed by atoms with Gasteiger partial charge in [0.2, 0.25) is 0 Å². The molecule has 1 amide bonds. The molecule has 124 valence electrons. The first-order valence-electron chi connectivity index (χ1n) is 6.90. The molecule has 4 nitrogen and oxygen atoms in total. The summed E-state index contributed by atoms with van der Waals surface area (Å²) in [5, 5.41) is 0. The molecule has 22 heavy (non-hydrogen) atoms. The molecule has 0 bridgehead atoms. The van der Waals surface area contributed by atoms with Gasteiger partial charge in [-0.05, 0) is 24.0 Å². The van der Waals surface area contributed by atoms with Crippen molar-refractivity contribution in [3.05, 3.63) is 29.8 Å². The number of alkyl halides is 2. The van der Waals surface area contributed by atoms with E-state index in [4.69, 9.17) is 5.73 Å². The van der Waals surface area contributed by atoms with Crippen LogP contribution in [0.5, 0.6) is 5.75 Å². The topological polar surface area (TPSA) is 55.6 Å². The second kappa shape index (κ2) is 7.24. The van der Waals surface area contributed by atoms with Gasteiger partial charge >= 0.3 is 6.61 Å². The third kappa shape index (κ3) is 4.08. The SMILES string of the molecule is CC1(C)CN(C(=O)c2ccccc2OC(F)F)CCC1N.Cl. The van der Waals surface area contributed by atoms with Crippen LogP contribution < -0.4 is 10.5 Å². The Morgan fingerprint density at radius 2 is 2.05 bits per heavy atom. The van der Waals surface area contributed by atoms with Gasteiger partial charge in [-0.3, -0.25) is 4.79 Å². The number of likely N-dealkylation sites (tertiary alicyclic amines) is 1. The summed E-state index contributed by atoms with van der Waals surface area (Å²) in [7, 11) is 0. The van der Waals surface area contributed by atoms with E-state index in [0.717, 1.165) is 0 Å². The van der Waals surface area contributed by atoms with Crippen LogP contribution >= 0.6 is 12.4 Å². The molecule has 0 aromatic heterocycles. The summed E-state index contributed by atoms with van der Waals surface area (Å²) in [6.07, 6.45) is 0.691. The van der Waals surface area contributed by atoms with Crippen molar-refractivity contribution < 1.29 is 18.3 Å². The van der Waals surface area contributed by atoms with E-state index < -0.39 is 6.61 Å². The third-order valence-corrected chi connectivity index (χ3v) is 3.93. The largest absolute Gasteiger partial charge is 0.434 e. The second-order valence-corrected chi connectivity index (χ2v) is 5.99. The number of hydrogen-bond donors (Lipinski definition) is 1. The van der Waals surface area contributed by atoms with Crippen LogP contribution in [0.1, 0.15) is 30.6 Å². The molecule has 1 atom stereocenters. The molecule has 1 aromatic carbocycles. The number of halogens is 3. The van der Waals surface area contributed by atoms with Crippen LogP contribution in [-0.2, 0) is 0 Å². The number of ether oxygens (including phenoxy) is 1. The maximum atomic E-state index is 12.6. The van der Waals surface area contributed by atoms with Crippen LogP contribution in [0.4, 0.5) is 8.78 Å². The number of nitrogens with two attached hydrogens (primary N) is 1. The fourth-order valence-corrected chi connectivity index (χ4v) is 2.56.